The number of aromatic nitrogens is 2. The maximum Gasteiger partial charge on any atom is 0.573 e. The van der Waals surface area contributed by atoms with Gasteiger partial charge in [-0.3, -0.25) is 4.79 Å². The molecule has 0 aliphatic carbocycles. The summed E-state index contributed by atoms with van der Waals surface area (Å²) < 4.78 is 41.4. The van der Waals surface area contributed by atoms with E-state index in [0.717, 1.165) is 0 Å². The lowest BCUT2D eigenvalue weighted by Gasteiger charge is -2.12. The van der Waals surface area contributed by atoms with Gasteiger partial charge in [0.05, 0.1) is 5.69 Å². The van der Waals surface area contributed by atoms with E-state index in [-0.39, 0.29) is 17.5 Å². The van der Waals surface area contributed by atoms with E-state index in [1.807, 2.05) is 0 Å². The smallest absolute Gasteiger partial charge is 0.406 e. The largest absolute Gasteiger partial charge is 0.573 e. The van der Waals surface area contributed by atoms with Crippen molar-refractivity contribution in [2.24, 2.45) is 0 Å². The van der Waals surface area contributed by atoms with E-state index in [1.54, 1.807) is 37.4 Å². The van der Waals surface area contributed by atoms with Crippen LogP contribution in [0.4, 0.5) is 30.6 Å². The Hall–Kier alpha value is -3.82. The summed E-state index contributed by atoms with van der Waals surface area (Å²) in [4.78, 5) is 20.8. The number of anilines is 3. The van der Waals surface area contributed by atoms with Gasteiger partial charge in [-0.25, -0.2) is 4.98 Å². The molecule has 1 heterocycles. The number of hydrogen-bond donors (Lipinski definition) is 3. The van der Waals surface area contributed by atoms with Crippen LogP contribution >= 0.6 is 0 Å². The fraction of sp³-hybridized carbons (Fsp3) is 0.105. The first-order valence-corrected chi connectivity index (χ1v) is 8.33. The summed E-state index contributed by atoms with van der Waals surface area (Å²) in [5.74, 6) is -0.460. The molecule has 0 saturated carbocycles. The van der Waals surface area contributed by atoms with Crippen LogP contribution in [0.25, 0.3) is 11.3 Å². The second-order valence-corrected chi connectivity index (χ2v) is 5.86. The van der Waals surface area contributed by atoms with Gasteiger partial charge in [-0.05, 0) is 36.4 Å². The molecule has 3 rings (SSSR count). The Bertz CT molecular complexity index is 1020. The molecule has 0 radical (unpaired) electrons. The molecular formula is C19H16F3N5O2. The van der Waals surface area contributed by atoms with Gasteiger partial charge in [-0.2, -0.15) is 4.98 Å². The summed E-state index contributed by atoms with van der Waals surface area (Å²) >= 11 is 0. The third-order valence-corrected chi connectivity index (χ3v) is 3.73. The van der Waals surface area contributed by atoms with Gasteiger partial charge in [0.15, 0.2) is 0 Å². The van der Waals surface area contributed by atoms with Gasteiger partial charge in [-0.1, -0.05) is 12.1 Å². The Kier molecular flexibility index (Phi) is 5.53. The summed E-state index contributed by atoms with van der Waals surface area (Å²) in [6.45, 7) is 0. The highest BCUT2D eigenvalue weighted by Crippen LogP contribution is 2.28. The van der Waals surface area contributed by atoms with Crippen LogP contribution in [0.3, 0.4) is 0 Å². The van der Waals surface area contributed by atoms with Crippen molar-refractivity contribution in [1.82, 2.24) is 9.97 Å². The van der Waals surface area contributed by atoms with Crippen LogP contribution in [0.1, 0.15) is 10.4 Å². The van der Waals surface area contributed by atoms with Gasteiger partial charge in [0.2, 0.25) is 5.95 Å². The van der Waals surface area contributed by atoms with Crippen LogP contribution in [0.15, 0.2) is 54.6 Å². The first kappa shape index (κ1) is 19.9. The minimum Gasteiger partial charge on any atom is -0.406 e. The molecule has 0 unspecified atom stereocenters. The Morgan fingerprint density at radius 2 is 1.79 bits per heavy atom. The number of carbonyl (C=O) groups excluding carboxylic acids is 1. The van der Waals surface area contributed by atoms with E-state index in [1.165, 1.54) is 24.3 Å². The molecule has 0 saturated heterocycles. The van der Waals surface area contributed by atoms with Crippen molar-refractivity contribution in [3.63, 3.8) is 0 Å². The highest BCUT2D eigenvalue weighted by molar-refractivity contribution is 6.04. The molecule has 2 aromatic carbocycles. The fourth-order valence-electron chi connectivity index (χ4n) is 2.45. The van der Waals surface area contributed by atoms with E-state index in [0.29, 0.717) is 22.5 Å². The Morgan fingerprint density at radius 1 is 1.07 bits per heavy atom. The van der Waals surface area contributed by atoms with Crippen LogP contribution in [-0.4, -0.2) is 29.3 Å². The molecule has 0 bridgehead atoms. The van der Waals surface area contributed by atoms with Crippen LogP contribution in [0, 0.1) is 0 Å². The van der Waals surface area contributed by atoms with E-state index in [9.17, 15) is 18.0 Å². The van der Waals surface area contributed by atoms with E-state index >= 15 is 0 Å². The van der Waals surface area contributed by atoms with Crippen LogP contribution in [-0.2, 0) is 0 Å². The van der Waals surface area contributed by atoms with Crippen molar-refractivity contribution >= 4 is 23.4 Å². The predicted octanol–water partition coefficient (Wildman–Crippen LogP) is 3.92. The van der Waals surface area contributed by atoms with E-state index in [4.69, 9.17) is 5.73 Å². The van der Waals surface area contributed by atoms with Gasteiger partial charge in [0, 0.05) is 29.9 Å². The molecule has 10 heteroatoms. The summed E-state index contributed by atoms with van der Waals surface area (Å²) in [7, 11) is 1.58. The third kappa shape index (κ3) is 5.34. The number of halogens is 3. The van der Waals surface area contributed by atoms with E-state index < -0.39 is 12.3 Å². The molecule has 4 N–H and O–H groups in total. The van der Waals surface area contributed by atoms with Gasteiger partial charge in [-0.15, -0.1) is 13.2 Å². The first-order chi connectivity index (χ1) is 13.7. The zero-order chi connectivity index (χ0) is 21.0. The molecule has 1 amide bonds. The summed E-state index contributed by atoms with van der Waals surface area (Å²) in [6.07, 6.45) is -4.81. The summed E-state index contributed by atoms with van der Waals surface area (Å²) in [5.41, 5.74) is 7.15. The third-order valence-electron chi connectivity index (χ3n) is 3.73. The second-order valence-electron chi connectivity index (χ2n) is 5.86. The number of rotatable bonds is 5. The van der Waals surface area contributed by atoms with Crippen molar-refractivity contribution in [2.45, 2.75) is 6.36 Å². The summed E-state index contributed by atoms with van der Waals surface area (Å²) in [5, 5.41) is 5.38. The molecule has 1 aromatic heterocycles. The Labute approximate surface area is 163 Å². The van der Waals surface area contributed by atoms with Crippen molar-refractivity contribution in [3.05, 3.63) is 60.2 Å². The molecule has 150 valence electrons. The quantitative estimate of drug-likeness (QED) is 0.558. The minimum atomic E-state index is -4.81. The number of benzene rings is 2. The lowest BCUT2D eigenvalue weighted by molar-refractivity contribution is -0.274. The molecule has 0 fully saturated rings. The van der Waals surface area contributed by atoms with Crippen molar-refractivity contribution in [2.75, 3.05) is 23.4 Å². The number of carbonyl (C=O) groups is 1. The highest BCUT2D eigenvalue weighted by Gasteiger charge is 2.31. The fourth-order valence-corrected chi connectivity index (χ4v) is 2.45. The number of nitrogens with two attached hydrogens (primary N) is 1. The number of nitrogens with zero attached hydrogens (tertiary/aromatic N) is 2. The average Bonchev–Trinajstić information content (AvgIpc) is 2.67. The Morgan fingerprint density at radius 3 is 2.45 bits per heavy atom. The lowest BCUT2D eigenvalue weighted by Crippen LogP contribution is -2.17. The molecule has 0 atom stereocenters. The van der Waals surface area contributed by atoms with Gasteiger partial charge < -0.3 is 21.1 Å². The van der Waals surface area contributed by atoms with Crippen LogP contribution in [0.2, 0.25) is 0 Å². The Balaban J connectivity index is 1.90. The molecule has 0 aliphatic heterocycles. The first-order valence-electron chi connectivity index (χ1n) is 8.33. The second kappa shape index (κ2) is 8.05. The number of hydrogen-bond acceptors (Lipinski definition) is 6. The molecular weight excluding hydrogens is 387 g/mol. The number of nitrogen functional groups attached to an aromatic ring is 1. The molecule has 29 heavy (non-hydrogen) atoms. The maximum atomic E-state index is 12.5. The van der Waals surface area contributed by atoms with Crippen molar-refractivity contribution in [3.8, 4) is 17.0 Å². The topological polar surface area (TPSA) is 102 Å². The molecule has 0 spiro atoms. The maximum absolute atomic E-state index is 12.5. The highest BCUT2D eigenvalue weighted by atomic mass is 19.4. The minimum absolute atomic E-state index is 0.170. The number of ether oxygens (including phenoxy) is 1. The zero-order valence-electron chi connectivity index (χ0n) is 15.1. The molecule has 3 aromatic rings. The van der Waals surface area contributed by atoms with Crippen LogP contribution < -0.4 is 21.1 Å². The number of alkyl halides is 3. The summed E-state index contributed by atoms with van der Waals surface area (Å²) in [6, 6.07) is 13.1. The standard InChI is InChI=1S/C19H16F3N5O2/c1-24-18-25-15(12-3-2-4-14(9-12)29-19(20,21)22)10-16(27-18)26-17(28)11-5-7-13(23)8-6-11/h2-10H,23H2,1H3,(H2,24,25,26,27,28). The SMILES string of the molecule is CNc1nc(NC(=O)c2ccc(N)cc2)cc(-c2cccc(OC(F)(F)F)c2)n1. The van der Waals surface area contributed by atoms with Crippen LogP contribution in [0.5, 0.6) is 5.75 Å². The lowest BCUT2D eigenvalue weighted by atomic mass is 10.1. The van der Waals surface area contributed by atoms with E-state index in [2.05, 4.69) is 25.3 Å². The monoisotopic (exact) mass is 403 g/mol. The van der Waals surface area contributed by atoms with Gasteiger partial charge in [0.1, 0.15) is 11.6 Å². The molecule has 7 nitrogen and oxygen atoms in total. The van der Waals surface area contributed by atoms with Crippen molar-refractivity contribution < 1.29 is 22.7 Å². The number of nitrogens with one attached hydrogen (secondary N) is 2. The zero-order valence-corrected chi connectivity index (χ0v) is 15.1. The predicted molar refractivity (Wildman–Crippen MR) is 103 cm³/mol. The number of amides is 1. The molecule has 0 aliphatic rings. The van der Waals surface area contributed by atoms with Crippen molar-refractivity contribution in [1.29, 1.82) is 0 Å². The van der Waals surface area contributed by atoms with Gasteiger partial charge in [0.25, 0.3) is 5.91 Å². The average molecular weight is 403 g/mol. The normalized spacial score (nSPS) is 11.0. The van der Waals surface area contributed by atoms with Gasteiger partial charge >= 0.3 is 6.36 Å².